The number of alkyl halides is 3. The second-order valence-corrected chi connectivity index (χ2v) is 5.36. The van der Waals surface area contributed by atoms with Gasteiger partial charge in [0.15, 0.2) is 0 Å². The fourth-order valence-electron chi connectivity index (χ4n) is 2.50. The third-order valence-electron chi connectivity index (χ3n) is 3.72. The summed E-state index contributed by atoms with van der Waals surface area (Å²) in [5.74, 6) is 0.388. The van der Waals surface area contributed by atoms with Crippen LogP contribution in [0.5, 0.6) is 0 Å². The average molecular weight is 309 g/mol. The zero-order valence-corrected chi connectivity index (χ0v) is 12.2. The van der Waals surface area contributed by atoms with E-state index in [4.69, 9.17) is 5.73 Å². The molecule has 0 spiro atoms. The van der Waals surface area contributed by atoms with Gasteiger partial charge in [-0.25, -0.2) is 0 Å². The average Bonchev–Trinajstić information content (AvgIpc) is 2.33. The molecule has 1 aliphatic rings. The Morgan fingerprint density at radius 2 is 2.05 bits per heavy atom. The van der Waals surface area contributed by atoms with Gasteiger partial charge in [0.1, 0.15) is 0 Å². The van der Waals surface area contributed by atoms with E-state index in [2.05, 4.69) is 11.8 Å². The molecule has 0 amide bonds. The van der Waals surface area contributed by atoms with E-state index in [-0.39, 0.29) is 18.4 Å². The van der Waals surface area contributed by atoms with E-state index in [1.165, 1.54) is 12.1 Å². The fraction of sp³-hybridized carbons (Fsp3) is 0.571. The van der Waals surface area contributed by atoms with Crippen molar-refractivity contribution in [2.45, 2.75) is 32.1 Å². The number of benzene rings is 1. The van der Waals surface area contributed by atoms with E-state index >= 15 is 0 Å². The summed E-state index contributed by atoms with van der Waals surface area (Å²) in [7, 11) is 0. The number of hydrogen-bond acceptors (Lipinski definition) is 2. The second-order valence-electron chi connectivity index (χ2n) is 5.36. The van der Waals surface area contributed by atoms with Crippen LogP contribution in [-0.4, -0.2) is 24.0 Å². The molecule has 2 N–H and O–H groups in total. The summed E-state index contributed by atoms with van der Waals surface area (Å²) in [6, 6.07) is 5.76. The SMILES string of the molecule is CC1CN(Cc2cccc(C(F)(F)F)c2)CCC1N.Cl. The molecule has 0 bridgehead atoms. The number of nitrogens with zero attached hydrogens (tertiary/aromatic N) is 1. The van der Waals surface area contributed by atoms with Crippen LogP contribution in [0.15, 0.2) is 24.3 Å². The van der Waals surface area contributed by atoms with Crippen LogP contribution >= 0.6 is 12.4 Å². The molecule has 0 aliphatic carbocycles. The third-order valence-corrected chi connectivity index (χ3v) is 3.72. The lowest BCUT2D eigenvalue weighted by atomic mass is 9.94. The Morgan fingerprint density at radius 3 is 2.65 bits per heavy atom. The van der Waals surface area contributed by atoms with Crippen LogP contribution in [0.4, 0.5) is 13.2 Å². The lowest BCUT2D eigenvalue weighted by Gasteiger charge is -2.35. The van der Waals surface area contributed by atoms with Gasteiger partial charge < -0.3 is 5.73 Å². The molecule has 1 heterocycles. The Kier molecular flexibility index (Phi) is 5.86. The van der Waals surface area contributed by atoms with E-state index in [1.807, 2.05) is 0 Å². The molecule has 1 aromatic carbocycles. The minimum Gasteiger partial charge on any atom is -0.327 e. The molecule has 0 saturated carbocycles. The molecule has 20 heavy (non-hydrogen) atoms. The quantitative estimate of drug-likeness (QED) is 0.908. The van der Waals surface area contributed by atoms with Gasteiger partial charge in [0.2, 0.25) is 0 Å². The summed E-state index contributed by atoms with van der Waals surface area (Å²) in [5.41, 5.74) is 6.07. The van der Waals surface area contributed by atoms with Gasteiger partial charge >= 0.3 is 6.18 Å². The first-order chi connectivity index (χ1) is 8.86. The zero-order chi connectivity index (χ0) is 14.0. The molecule has 2 nitrogen and oxygen atoms in total. The summed E-state index contributed by atoms with van der Waals surface area (Å²) < 4.78 is 37.9. The minimum absolute atomic E-state index is 0. The Balaban J connectivity index is 0.00000200. The number of hydrogen-bond donors (Lipinski definition) is 1. The maximum absolute atomic E-state index is 12.6. The maximum atomic E-state index is 12.6. The number of rotatable bonds is 2. The van der Waals surface area contributed by atoms with Crippen LogP contribution in [0.3, 0.4) is 0 Å². The molecule has 114 valence electrons. The summed E-state index contributed by atoms with van der Waals surface area (Å²) in [6.07, 6.45) is -3.37. The highest BCUT2D eigenvalue weighted by Crippen LogP contribution is 2.30. The molecule has 2 atom stereocenters. The molecular weight excluding hydrogens is 289 g/mol. The Bertz CT molecular complexity index is 437. The van der Waals surface area contributed by atoms with Crippen molar-refractivity contribution < 1.29 is 13.2 Å². The molecule has 1 saturated heterocycles. The summed E-state index contributed by atoms with van der Waals surface area (Å²) >= 11 is 0. The molecule has 2 rings (SSSR count). The lowest BCUT2D eigenvalue weighted by Crippen LogP contribution is -2.45. The Hall–Kier alpha value is -0.780. The molecule has 0 radical (unpaired) electrons. The highest BCUT2D eigenvalue weighted by atomic mass is 35.5. The number of halogens is 4. The van der Waals surface area contributed by atoms with E-state index in [1.54, 1.807) is 6.07 Å². The highest BCUT2D eigenvalue weighted by molar-refractivity contribution is 5.85. The van der Waals surface area contributed by atoms with Crippen molar-refractivity contribution in [3.05, 3.63) is 35.4 Å². The van der Waals surface area contributed by atoms with Crippen molar-refractivity contribution in [2.75, 3.05) is 13.1 Å². The van der Waals surface area contributed by atoms with Crippen LogP contribution in [-0.2, 0) is 12.7 Å². The van der Waals surface area contributed by atoms with Gasteiger partial charge in [0.05, 0.1) is 5.56 Å². The fourth-order valence-corrected chi connectivity index (χ4v) is 2.50. The first kappa shape index (κ1) is 17.3. The largest absolute Gasteiger partial charge is 0.416 e. The van der Waals surface area contributed by atoms with Gasteiger partial charge in [-0.15, -0.1) is 12.4 Å². The monoisotopic (exact) mass is 308 g/mol. The lowest BCUT2D eigenvalue weighted by molar-refractivity contribution is -0.137. The molecule has 2 unspecified atom stereocenters. The minimum atomic E-state index is -4.27. The second kappa shape index (κ2) is 6.78. The first-order valence-corrected chi connectivity index (χ1v) is 6.50. The van der Waals surface area contributed by atoms with Crippen LogP contribution in [0.25, 0.3) is 0 Å². The molecule has 1 fully saturated rings. The molecule has 1 aromatic rings. The van der Waals surface area contributed by atoms with E-state index in [0.717, 1.165) is 25.6 Å². The predicted molar refractivity (Wildman–Crippen MR) is 75.7 cm³/mol. The van der Waals surface area contributed by atoms with Gasteiger partial charge in [-0.1, -0.05) is 25.1 Å². The number of piperidine rings is 1. The van der Waals surface area contributed by atoms with E-state index in [0.29, 0.717) is 18.0 Å². The van der Waals surface area contributed by atoms with E-state index in [9.17, 15) is 13.2 Å². The number of likely N-dealkylation sites (tertiary alicyclic amines) is 1. The van der Waals surface area contributed by atoms with E-state index < -0.39 is 11.7 Å². The molecule has 0 aromatic heterocycles. The van der Waals surface area contributed by atoms with Crippen molar-refractivity contribution in [3.8, 4) is 0 Å². The van der Waals surface area contributed by atoms with Gasteiger partial charge in [0.25, 0.3) is 0 Å². The highest BCUT2D eigenvalue weighted by Gasteiger charge is 2.30. The maximum Gasteiger partial charge on any atom is 0.416 e. The Labute approximate surface area is 123 Å². The number of nitrogens with two attached hydrogens (primary N) is 1. The van der Waals surface area contributed by atoms with Gasteiger partial charge in [-0.3, -0.25) is 4.90 Å². The van der Waals surface area contributed by atoms with Gasteiger partial charge in [-0.2, -0.15) is 13.2 Å². The topological polar surface area (TPSA) is 29.3 Å². The third kappa shape index (κ3) is 4.36. The van der Waals surface area contributed by atoms with Crippen LogP contribution < -0.4 is 5.73 Å². The summed E-state index contributed by atoms with van der Waals surface area (Å²) in [6.45, 7) is 4.34. The zero-order valence-electron chi connectivity index (χ0n) is 11.4. The first-order valence-electron chi connectivity index (χ1n) is 6.50. The van der Waals surface area contributed by atoms with Gasteiger partial charge in [0, 0.05) is 19.1 Å². The van der Waals surface area contributed by atoms with Crippen molar-refractivity contribution in [1.29, 1.82) is 0 Å². The van der Waals surface area contributed by atoms with Crippen molar-refractivity contribution in [1.82, 2.24) is 4.90 Å². The van der Waals surface area contributed by atoms with Crippen molar-refractivity contribution >= 4 is 12.4 Å². The van der Waals surface area contributed by atoms with Gasteiger partial charge in [-0.05, 0) is 30.5 Å². The molecular formula is C14H20ClF3N2. The molecule has 1 aliphatic heterocycles. The molecule has 6 heteroatoms. The standard InChI is InChI=1S/C14H19F3N2.ClH/c1-10-8-19(6-5-13(10)18)9-11-3-2-4-12(7-11)14(15,16)17;/h2-4,7,10,13H,5-6,8-9,18H2,1H3;1H. The van der Waals surface area contributed by atoms with Crippen LogP contribution in [0.2, 0.25) is 0 Å². The van der Waals surface area contributed by atoms with Crippen molar-refractivity contribution in [3.63, 3.8) is 0 Å². The predicted octanol–water partition coefficient (Wildman–Crippen LogP) is 3.30. The summed E-state index contributed by atoms with van der Waals surface area (Å²) in [4.78, 5) is 2.17. The van der Waals surface area contributed by atoms with Crippen LogP contribution in [0, 0.1) is 5.92 Å². The van der Waals surface area contributed by atoms with Crippen LogP contribution in [0.1, 0.15) is 24.5 Å². The summed E-state index contributed by atoms with van der Waals surface area (Å²) in [5, 5.41) is 0. The Morgan fingerprint density at radius 1 is 1.35 bits per heavy atom. The normalized spacial score (nSPS) is 24.2. The smallest absolute Gasteiger partial charge is 0.327 e. The van der Waals surface area contributed by atoms with Crippen molar-refractivity contribution in [2.24, 2.45) is 11.7 Å².